The number of aliphatic hydroxyl groups is 5. The van der Waals surface area contributed by atoms with Gasteiger partial charge in [0.15, 0.2) is 24.0 Å². The minimum atomic E-state index is -5.40. The van der Waals surface area contributed by atoms with Gasteiger partial charge in [0.25, 0.3) is 0 Å². The Morgan fingerprint density at radius 1 is 1.10 bits per heavy atom. The molecule has 42 heavy (non-hydrogen) atoms. The number of phosphoric ester groups is 1. The SMILES string of the molecule is COC1[C@@H](OC)[C@@H](COP(O)(=S)OP(=O)(O)O[C@@H]2OC([C@H](O)CO)[C@@H](O)C(O)[C@H]2O)O[C@H]1n1cnc2c(N)ncnc21. The molecule has 238 valence electrons. The van der Waals surface area contributed by atoms with E-state index < -0.39 is 89.1 Å². The van der Waals surface area contributed by atoms with Crippen LogP contribution in [0.5, 0.6) is 0 Å². The number of hydrogen-bond donors (Lipinski definition) is 8. The number of phosphoric acid groups is 1. The summed E-state index contributed by atoms with van der Waals surface area (Å²) in [6.07, 6.45) is -12.5. The molecule has 2 saturated heterocycles. The average molecular weight is 663 g/mol. The van der Waals surface area contributed by atoms with Gasteiger partial charge in [-0.1, -0.05) is 0 Å². The summed E-state index contributed by atoms with van der Waals surface area (Å²) >= 11 is 4.84. The maximum atomic E-state index is 12.6. The van der Waals surface area contributed by atoms with E-state index in [2.05, 4.69) is 19.3 Å². The van der Waals surface area contributed by atoms with Crippen LogP contribution < -0.4 is 5.73 Å². The molecular formula is C19H31N5O15P2S. The Kier molecular flexibility index (Phi) is 10.7. The molecule has 5 unspecified atom stereocenters. The summed E-state index contributed by atoms with van der Waals surface area (Å²) in [5.74, 6) is 0.139. The molecule has 2 fully saturated rings. The molecule has 12 atom stereocenters. The predicted molar refractivity (Wildman–Crippen MR) is 139 cm³/mol. The van der Waals surface area contributed by atoms with Gasteiger partial charge < -0.3 is 64.5 Å². The zero-order valence-corrected chi connectivity index (χ0v) is 24.5. The van der Waals surface area contributed by atoms with Crippen molar-refractivity contribution in [3.8, 4) is 0 Å². The van der Waals surface area contributed by atoms with Crippen molar-refractivity contribution in [3.63, 3.8) is 0 Å². The number of fused-ring (bicyclic) bond motifs is 1. The standard InChI is InChI=1S/C19H31N5O15P2S/c1-33-14-8(36-18(15(14)34-2)24-6-23-9-16(20)21-5-22-17(9)24)4-35-41(32,42)39-40(30,31)38-19-12(29)10(27)11(28)13(37-19)7(26)3-25/h5-8,10-15,18-19,25-29H,3-4H2,1-2H3,(H,30,31)(H,32,42)(H2,20,21,22)/t7-,8-,10?,11+,12-,13?,14+,15?,18-,19+,41?/m1/s1. The zero-order chi connectivity index (χ0) is 31.0. The van der Waals surface area contributed by atoms with Gasteiger partial charge in [0.2, 0.25) is 0 Å². The monoisotopic (exact) mass is 663 g/mol. The topological polar surface area (TPSA) is 293 Å². The Balaban J connectivity index is 1.43. The van der Waals surface area contributed by atoms with E-state index in [1.54, 1.807) is 0 Å². The van der Waals surface area contributed by atoms with Crippen molar-refractivity contribution in [3.05, 3.63) is 12.7 Å². The Morgan fingerprint density at radius 2 is 1.79 bits per heavy atom. The van der Waals surface area contributed by atoms with Gasteiger partial charge in [-0.2, -0.15) is 0 Å². The van der Waals surface area contributed by atoms with Gasteiger partial charge in [-0.3, -0.25) is 9.09 Å². The molecule has 23 heteroatoms. The highest BCUT2D eigenvalue weighted by molar-refractivity contribution is 8.08. The van der Waals surface area contributed by atoms with Gasteiger partial charge in [0, 0.05) is 14.2 Å². The Morgan fingerprint density at radius 3 is 2.43 bits per heavy atom. The van der Waals surface area contributed by atoms with Crippen molar-refractivity contribution in [2.75, 3.05) is 33.2 Å². The lowest BCUT2D eigenvalue weighted by Crippen LogP contribution is -2.61. The highest BCUT2D eigenvalue weighted by atomic mass is 32.5. The van der Waals surface area contributed by atoms with Crippen LogP contribution in [0.2, 0.25) is 0 Å². The quantitative estimate of drug-likeness (QED) is 0.104. The van der Waals surface area contributed by atoms with Gasteiger partial charge >= 0.3 is 14.5 Å². The molecule has 0 aromatic carbocycles. The van der Waals surface area contributed by atoms with Gasteiger partial charge in [0.05, 0.1) is 19.5 Å². The lowest BCUT2D eigenvalue weighted by Gasteiger charge is -2.41. The van der Waals surface area contributed by atoms with Gasteiger partial charge in [0.1, 0.15) is 60.7 Å². The minimum absolute atomic E-state index is 0.139. The first-order chi connectivity index (χ1) is 19.7. The second kappa shape index (κ2) is 13.3. The number of nitrogens with zero attached hydrogens (tertiary/aromatic N) is 4. The largest absolute Gasteiger partial charge is 0.481 e. The molecule has 0 aliphatic carbocycles. The van der Waals surface area contributed by atoms with E-state index in [9.17, 15) is 34.8 Å². The molecule has 20 nitrogen and oxygen atoms in total. The predicted octanol–water partition coefficient (Wildman–Crippen LogP) is -3.14. The highest BCUT2D eigenvalue weighted by Crippen LogP contribution is 2.61. The third kappa shape index (κ3) is 6.98. The van der Waals surface area contributed by atoms with E-state index in [0.29, 0.717) is 11.2 Å². The summed E-state index contributed by atoms with van der Waals surface area (Å²) in [6, 6.07) is 0. The molecule has 2 aliphatic rings. The van der Waals surface area contributed by atoms with Crippen LogP contribution >= 0.6 is 14.5 Å². The molecule has 0 spiro atoms. The van der Waals surface area contributed by atoms with Gasteiger partial charge in [-0.05, 0) is 11.8 Å². The van der Waals surface area contributed by atoms with Crippen LogP contribution in [0.3, 0.4) is 0 Å². The second-order valence-electron chi connectivity index (χ2n) is 9.16. The Hall–Kier alpha value is -1.33. The highest BCUT2D eigenvalue weighted by Gasteiger charge is 2.51. The fourth-order valence-corrected chi connectivity index (χ4v) is 7.61. The summed E-state index contributed by atoms with van der Waals surface area (Å²) in [6.45, 7) is -6.05. The number of methoxy groups -OCH3 is 2. The van der Waals surface area contributed by atoms with Crippen LogP contribution in [-0.2, 0) is 48.7 Å². The lowest BCUT2D eigenvalue weighted by molar-refractivity contribution is -0.292. The first-order valence-electron chi connectivity index (χ1n) is 12.1. The summed E-state index contributed by atoms with van der Waals surface area (Å²) in [7, 11) is -2.64. The number of rotatable bonds is 12. The maximum absolute atomic E-state index is 12.6. The van der Waals surface area contributed by atoms with Gasteiger partial charge in [-0.25, -0.2) is 23.8 Å². The molecule has 4 heterocycles. The van der Waals surface area contributed by atoms with E-state index in [1.165, 1.54) is 31.4 Å². The van der Waals surface area contributed by atoms with Crippen molar-refractivity contribution in [1.82, 2.24) is 19.5 Å². The smallest absolute Gasteiger partial charge is 0.394 e. The molecule has 4 rings (SSSR count). The lowest BCUT2D eigenvalue weighted by atomic mass is 9.96. The minimum Gasteiger partial charge on any atom is -0.394 e. The molecule has 2 aromatic rings. The van der Waals surface area contributed by atoms with Crippen molar-refractivity contribution >= 4 is 43.3 Å². The first kappa shape index (κ1) is 33.6. The van der Waals surface area contributed by atoms with Crippen molar-refractivity contribution in [2.45, 2.75) is 61.3 Å². The summed E-state index contributed by atoms with van der Waals surface area (Å²) < 4.78 is 50.9. The summed E-state index contributed by atoms with van der Waals surface area (Å²) in [5, 5.41) is 49.0. The fraction of sp³-hybridized carbons (Fsp3) is 0.737. The van der Waals surface area contributed by atoms with Crippen LogP contribution in [0.4, 0.5) is 5.82 Å². The average Bonchev–Trinajstić information content (AvgIpc) is 3.52. The molecule has 0 bridgehead atoms. The van der Waals surface area contributed by atoms with E-state index in [1.807, 2.05) is 0 Å². The summed E-state index contributed by atoms with van der Waals surface area (Å²) in [5.41, 5.74) is 6.50. The molecule has 2 aliphatic heterocycles. The van der Waals surface area contributed by atoms with Crippen LogP contribution in [0.25, 0.3) is 11.2 Å². The molecule has 0 radical (unpaired) electrons. The van der Waals surface area contributed by atoms with Crippen molar-refractivity contribution < 1.29 is 72.2 Å². The fourth-order valence-electron chi connectivity index (χ4n) is 4.51. The Bertz CT molecular complexity index is 1330. The molecule has 0 amide bonds. The number of aromatic nitrogens is 4. The number of anilines is 1. The van der Waals surface area contributed by atoms with Crippen LogP contribution in [0.15, 0.2) is 12.7 Å². The molecule has 9 N–H and O–H groups in total. The van der Waals surface area contributed by atoms with Crippen LogP contribution in [-0.4, -0.2) is 137 Å². The normalized spacial score (nSPS) is 35.6. The maximum Gasteiger partial charge on any atom is 0.481 e. The number of aliphatic hydroxyl groups excluding tert-OH is 5. The third-order valence-corrected chi connectivity index (χ3v) is 10.0. The number of nitrogen functional groups attached to an aromatic ring is 1. The van der Waals surface area contributed by atoms with E-state index in [4.69, 9.17) is 50.6 Å². The molecular weight excluding hydrogens is 632 g/mol. The zero-order valence-electron chi connectivity index (χ0n) is 21.9. The molecule has 2 aromatic heterocycles. The van der Waals surface area contributed by atoms with Crippen LogP contribution in [0.1, 0.15) is 6.23 Å². The van der Waals surface area contributed by atoms with Crippen LogP contribution in [0, 0.1) is 0 Å². The van der Waals surface area contributed by atoms with E-state index >= 15 is 0 Å². The number of imidazole rings is 1. The Labute approximate surface area is 242 Å². The van der Waals surface area contributed by atoms with E-state index in [0.717, 1.165) is 0 Å². The first-order valence-corrected chi connectivity index (χ1v) is 16.1. The second-order valence-corrected chi connectivity index (χ2v) is 13.5. The number of nitrogens with two attached hydrogens (primary N) is 1. The third-order valence-electron chi connectivity index (χ3n) is 6.51. The molecule has 0 saturated carbocycles. The summed E-state index contributed by atoms with van der Waals surface area (Å²) in [4.78, 5) is 33.0. The van der Waals surface area contributed by atoms with Crippen molar-refractivity contribution in [2.24, 2.45) is 0 Å². The van der Waals surface area contributed by atoms with E-state index in [-0.39, 0.29) is 5.82 Å². The van der Waals surface area contributed by atoms with Crippen molar-refractivity contribution in [1.29, 1.82) is 0 Å². The number of ether oxygens (including phenoxy) is 4. The van der Waals surface area contributed by atoms with Gasteiger partial charge in [-0.15, -0.1) is 0 Å². The number of hydrogen-bond acceptors (Lipinski definition) is 18.